The van der Waals surface area contributed by atoms with Crippen LogP contribution in [0, 0.1) is 22.9 Å². The van der Waals surface area contributed by atoms with Crippen LogP contribution in [0.25, 0.3) is 0 Å². The molecule has 55 heavy (non-hydrogen) atoms. The Hall–Kier alpha value is -4.63. The zero-order chi connectivity index (χ0) is 39.1. The number of hydrogen-bond acceptors (Lipinski definition) is 10. The number of aromatic nitrogens is 1. The molecule has 4 aromatic rings. The number of carboxylic acid groups (broad SMARTS) is 1. The van der Waals surface area contributed by atoms with Gasteiger partial charge in [0.05, 0.1) is 25.9 Å². The Morgan fingerprint density at radius 1 is 1.07 bits per heavy atom. The lowest BCUT2D eigenvalue weighted by Crippen LogP contribution is -2.53. The van der Waals surface area contributed by atoms with Gasteiger partial charge in [-0.25, -0.2) is 14.0 Å². The molecule has 1 N–H and O–H groups in total. The number of esters is 1. The van der Waals surface area contributed by atoms with Crippen molar-refractivity contribution in [2.75, 3.05) is 38.3 Å². The summed E-state index contributed by atoms with van der Waals surface area (Å²) in [6.07, 6.45) is 4.77. The van der Waals surface area contributed by atoms with Crippen LogP contribution in [0.5, 0.6) is 11.5 Å². The van der Waals surface area contributed by atoms with Crippen molar-refractivity contribution >= 4 is 58.8 Å². The molecule has 2 aromatic heterocycles. The highest BCUT2D eigenvalue weighted by Crippen LogP contribution is 2.38. The van der Waals surface area contributed by atoms with Crippen molar-refractivity contribution < 1.29 is 47.6 Å². The molecule has 5 heterocycles. The number of benzene rings is 2. The van der Waals surface area contributed by atoms with Crippen LogP contribution in [0.2, 0.25) is 10.0 Å². The Labute approximate surface area is 331 Å². The Morgan fingerprint density at radius 3 is 2.42 bits per heavy atom. The number of carbonyl (C=O) groups excluding carboxylic acids is 2. The summed E-state index contributed by atoms with van der Waals surface area (Å²) in [5, 5.41) is 19.1. The summed E-state index contributed by atoms with van der Waals surface area (Å²) in [6, 6.07) is 14.7. The Morgan fingerprint density at radius 2 is 1.78 bits per heavy atom. The number of anilines is 1. The Balaban J connectivity index is 0.00000166. The summed E-state index contributed by atoms with van der Waals surface area (Å²) in [5.41, 5.74) is 1.11. The summed E-state index contributed by atoms with van der Waals surface area (Å²) in [4.78, 5) is 40.3. The van der Waals surface area contributed by atoms with Crippen molar-refractivity contribution in [1.82, 2.24) is 4.90 Å². The molecule has 2 bridgehead atoms. The molecule has 4 fully saturated rings. The van der Waals surface area contributed by atoms with E-state index < -0.39 is 24.0 Å². The number of nitrogens with zero attached hydrogens (tertiary/aromatic N) is 3. The number of hydrogen-bond donors (Lipinski definition) is 1. The van der Waals surface area contributed by atoms with Gasteiger partial charge in [-0.05, 0) is 92.6 Å². The summed E-state index contributed by atoms with van der Waals surface area (Å²) in [5.74, 6) is 0.618. The number of amides is 1. The highest BCUT2D eigenvalue weighted by molar-refractivity contribution is 7.14. The second-order valence-electron chi connectivity index (χ2n) is 13.5. The average molecular weight is 817 g/mol. The smallest absolute Gasteiger partial charge is 0.415 e. The van der Waals surface area contributed by atoms with E-state index in [0.29, 0.717) is 51.3 Å². The van der Waals surface area contributed by atoms with E-state index in [9.17, 15) is 14.8 Å². The number of ether oxygens (including phenoxy) is 4. The molecule has 1 unspecified atom stereocenters. The van der Waals surface area contributed by atoms with Crippen LogP contribution < -0.4 is 19.1 Å². The molecule has 4 aliphatic rings. The van der Waals surface area contributed by atoms with Gasteiger partial charge in [-0.15, -0.1) is 11.3 Å². The van der Waals surface area contributed by atoms with Gasteiger partial charge in [-0.1, -0.05) is 41.4 Å². The number of piperidine rings is 3. The van der Waals surface area contributed by atoms with Crippen LogP contribution in [0.15, 0.2) is 67.0 Å². The Kier molecular flexibility index (Phi) is 13.4. The van der Waals surface area contributed by atoms with Gasteiger partial charge in [-0.3, -0.25) is 14.6 Å². The van der Waals surface area contributed by atoms with Crippen LogP contribution in [0.3, 0.4) is 0 Å². The number of methoxy groups -OCH3 is 1. The van der Waals surface area contributed by atoms with E-state index >= 15 is 4.39 Å². The van der Waals surface area contributed by atoms with E-state index in [1.54, 1.807) is 49.6 Å². The zero-order valence-corrected chi connectivity index (χ0v) is 32.2. The molecule has 2 aromatic carbocycles. The van der Waals surface area contributed by atoms with E-state index in [1.807, 2.05) is 0 Å². The number of rotatable bonds is 13. The number of halogens is 3. The number of thiophene rings is 1. The molecule has 3 aliphatic heterocycles. The van der Waals surface area contributed by atoms with Gasteiger partial charge < -0.3 is 29.3 Å². The quantitative estimate of drug-likeness (QED) is 0.0618. The van der Waals surface area contributed by atoms with Crippen molar-refractivity contribution in [2.24, 2.45) is 11.8 Å². The fourth-order valence-corrected chi connectivity index (χ4v) is 8.19. The second-order valence-corrected chi connectivity index (χ2v) is 15.5. The zero-order valence-electron chi connectivity index (χ0n) is 29.9. The minimum atomic E-state index is -0.892. The number of para-hydroxylation sites is 1. The predicted molar refractivity (Wildman–Crippen MR) is 204 cm³/mol. The number of carbonyl (C=O) groups is 3. The van der Waals surface area contributed by atoms with Gasteiger partial charge in [0.25, 0.3) is 6.47 Å². The van der Waals surface area contributed by atoms with Gasteiger partial charge in [0.2, 0.25) is 0 Å². The molecule has 1 amide bonds. The first kappa shape index (κ1) is 40.0. The van der Waals surface area contributed by atoms with Crippen molar-refractivity contribution in [1.29, 1.82) is 0 Å². The molecule has 3 saturated heterocycles. The predicted octanol–water partition coefficient (Wildman–Crippen LogP) is 7.70. The topological polar surface area (TPSA) is 142 Å². The van der Waals surface area contributed by atoms with Crippen molar-refractivity contribution in [3.63, 3.8) is 0 Å². The number of fused-ring (bicyclic) bond motifs is 3. The summed E-state index contributed by atoms with van der Waals surface area (Å²) >= 11 is 14.0. The van der Waals surface area contributed by atoms with E-state index in [-0.39, 0.29) is 52.1 Å². The minimum absolute atomic E-state index is 0.0210. The first-order valence-electron chi connectivity index (χ1n) is 17.8. The maximum atomic E-state index is 15.1. The lowest BCUT2D eigenvalue weighted by molar-refractivity contribution is -0.605. The fourth-order valence-electron chi connectivity index (χ4n) is 6.71. The SMILES string of the molecule is COc1ccc(C(Cc2c(Cl)c[n+]([O-])cc2Cl)OC(=O)c2ccc(CN(C(=O)O[C@H]3CN4CCC3CC4)c3ccccc3F)s2)cc1OCC1CC1.O=CO. The van der Waals surface area contributed by atoms with Gasteiger partial charge in [0.1, 0.15) is 32.9 Å². The molecule has 12 nitrogen and oxygen atoms in total. The molecule has 292 valence electrons. The molecular weight excluding hydrogens is 776 g/mol. The van der Waals surface area contributed by atoms with Crippen LogP contribution >= 0.6 is 34.5 Å². The summed E-state index contributed by atoms with van der Waals surface area (Å²) in [6.45, 7) is 2.91. The Bertz CT molecular complexity index is 1970. The van der Waals surface area contributed by atoms with E-state index in [4.69, 9.17) is 52.1 Å². The van der Waals surface area contributed by atoms with Gasteiger partial charge in [-0.2, -0.15) is 4.73 Å². The van der Waals surface area contributed by atoms with Crippen LogP contribution in [-0.4, -0.2) is 68.0 Å². The first-order valence-corrected chi connectivity index (χ1v) is 19.3. The highest BCUT2D eigenvalue weighted by atomic mass is 35.5. The largest absolute Gasteiger partial charge is 0.619 e. The van der Waals surface area contributed by atoms with Gasteiger partial charge in [0, 0.05) is 23.4 Å². The van der Waals surface area contributed by atoms with E-state index in [1.165, 1.54) is 29.4 Å². The van der Waals surface area contributed by atoms with Crippen molar-refractivity contribution in [3.05, 3.63) is 109 Å². The molecule has 0 radical (unpaired) electrons. The van der Waals surface area contributed by atoms with Crippen molar-refractivity contribution in [3.8, 4) is 11.5 Å². The molecule has 8 rings (SSSR count). The minimum Gasteiger partial charge on any atom is -0.619 e. The molecular formula is C39H40Cl2FN3O9S. The second kappa shape index (κ2) is 18.3. The van der Waals surface area contributed by atoms with E-state index in [2.05, 4.69) is 4.90 Å². The third kappa shape index (κ3) is 10.2. The van der Waals surface area contributed by atoms with Gasteiger partial charge >= 0.3 is 12.1 Å². The van der Waals surface area contributed by atoms with Crippen LogP contribution in [-0.2, 0) is 27.2 Å². The lowest BCUT2D eigenvalue weighted by Gasteiger charge is -2.44. The maximum absolute atomic E-state index is 15.1. The first-order chi connectivity index (χ1) is 26.6. The number of pyridine rings is 1. The maximum Gasteiger partial charge on any atom is 0.415 e. The standard InChI is InChI=1S/C38H38Cl2FN3O7S.CH2O2/c1-48-32-10-8-25(16-34(32)49-22-23-6-7-23)33(17-27-28(39)19-43(47)20-29(27)40)50-37(45)36-11-9-26(52-36)18-44(31-5-3-2-4-30(31)41)38(46)51-35-21-42-14-12-24(35)13-15-42;2-1-3/h2-5,8-11,16,19-20,23-24,33,35H,6-7,12-15,17-18,21-22H2,1H3;1H,(H,2,3)/t33?,35-;/m0./s1. The normalized spacial score (nSPS) is 19.0. The van der Waals surface area contributed by atoms with Crippen LogP contribution in [0.4, 0.5) is 14.9 Å². The van der Waals surface area contributed by atoms with Gasteiger partial charge in [0.15, 0.2) is 23.9 Å². The summed E-state index contributed by atoms with van der Waals surface area (Å²) in [7, 11) is 1.55. The lowest BCUT2D eigenvalue weighted by atomic mass is 9.86. The monoisotopic (exact) mass is 815 g/mol. The molecule has 0 spiro atoms. The van der Waals surface area contributed by atoms with Crippen molar-refractivity contribution in [2.45, 2.75) is 50.9 Å². The molecule has 2 atom stereocenters. The average Bonchev–Trinajstić information content (AvgIpc) is 3.89. The molecule has 16 heteroatoms. The molecule has 1 saturated carbocycles. The third-order valence-electron chi connectivity index (χ3n) is 9.82. The fraction of sp³-hybridized carbons (Fsp3) is 0.385. The highest BCUT2D eigenvalue weighted by Gasteiger charge is 2.38. The molecule has 1 aliphatic carbocycles. The summed E-state index contributed by atoms with van der Waals surface area (Å²) < 4.78 is 39.4. The third-order valence-corrected chi connectivity index (χ3v) is 11.5. The van der Waals surface area contributed by atoms with Crippen LogP contribution in [0.1, 0.15) is 57.5 Å². The van der Waals surface area contributed by atoms with E-state index in [0.717, 1.165) is 50.1 Å².